The van der Waals surface area contributed by atoms with E-state index in [1.165, 1.54) is 18.7 Å². The van der Waals surface area contributed by atoms with E-state index in [1.54, 1.807) is 0 Å². The lowest BCUT2D eigenvalue weighted by molar-refractivity contribution is -0.140. The molecule has 2 aromatic rings. The number of nitrogens with one attached hydrogen (secondary N) is 1. The summed E-state index contributed by atoms with van der Waals surface area (Å²) in [6.07, 6.45) is 0. The summed E-state index contributed by atoms with van der Waals surface area (Å²) in [4.78, 5) is 26.7. The number of carboxylic acids is 1. The fraction of sp³-hybridized carbons (Fsp3) is 0.267. The number of hydrogen-bond donors (Lipinski definition) is 2. The summed E-state index contributed by atoms with van der Waals surface area (Å²) in [5, 5.41) is 13.3. The topological polar surface area (TPSA) is 79.3 Å². The molecule has 0 radical (unpaired) electrons. The highest BCUT2D eigenvalue weighted by molar-refractivity contribution is 7.99. The number of para-hydroxylation sites is 1. The van der Waals surface area contributed by atoms with E-state index >= 15 is 0 Å². The second-order valence-electron chi connectivity index (χ2n) is 4.71. The van der Waals surface area contributed by atoms with E-state index in [2.05, 4.69) is 10.3 Å². The smallest absolute Gasteiger partial charge is 0.327 e. The van der Waals surface area contributed by atoms with Crippen LogP contribution in [0.3, 0.4) is 0 Å². The van der Waals surface area contributed by atoms with Gasteiger partial charge < -0.3 is 10.4 Å². The first-order chi connectivity index (χ1) is 9.97. The third-order valence-electron chi connectivity index (χ3n) is 2.93. The van der Waals surface area contributed by atoms with Crippen LogP contribution in [0.5, 0.6) is 0 Å². The number of carboxylic acid groups (broad SMARTS) is 1. The van der Waals surface area contributed by atoms with Crippen LogP contribution in [0.2, 0.25) is 0 Å². The summed E-state index contributed by atoms with van der Waals surface area (Å²) < 4.78 is 0. The van der Waals surface area contributed by atoms with Crippen molar-refractivity contribution >= 4 is 34.5 Å². The van der Waals surface area contributed by atoms with Gasteiger partial charge in [-0.25, -0.2) is 9.78 Å². The molecule has 0 saturated heterocycles. The molecule has 0 spiro atoms. The van der Waals surface area contributed by atoms with Crippen molar-refractivity contribution in [1.82, 2.24) is 10.3 Å². The number of aromatic nitrogens is 1. The summed E-state index contributed by atoms with van der Waals surface area (Å²) >= 11 is 1.33. The Labute approximate surface area is 126 Å². The van der Waals surface area contributed by atoms with Crippen LogP contribution in [0.15, 0.2) is 35.4 Å². The number of fused-ring (bicyclic) bond motifs is 1. The number of aryl methyl sites for hydroxylation is 1. The van der Waals surface area contributed by atoms with Crippen molar-refractivity contribution in [2.24, 2.45) is 0 Å². The third kappa shape index (κ3) is 3.95. The summed E-state index contributed by atoms with van der Waals surface area (Å²) in [7, 11) is 0. The van der Waals surface area contributed by atoms with Crippen LogP contribution in [-0.4, -0.2) is 33.8 Å². The number of amides is 1. The zero-order valence-corrected chi connectivity index (χ0v) is 12.6. The maximum atomic E-state index is 11.1. The number of rotatable bonds is 5. The van der Waals surface area contributed by atoms with E-state index in [4.69, 9.17) is 5.11 Å². The second kappa shape index (κ2) is 6.58. The van der Waals surface area contributed by atoms with Crippen LogP contribution >= 0.6 is 11.8 Å². The average Bonchev–Trinajstić information content (AvgIpc) is 2.42. The quantitative estimate of drug-likeness (QED) is 0.828. The van der Waals surface area contributed by atoms with Crippen LogP contribution < -0.4 is 5.32 Å². The first-order valence-corrected chi connectivity index (χ1v) is 7.45. The minimum absolute atomic E-state index is 0.237. The van der Waals surface area contributed by atoms with Crippen LogP contribution in [0, 0.1) is 6.92 Å². The summed E-state index contributed by atoms with van der Waals surface area (Å²) in [5.41, 5.74) is 1.86. The minimum atomic E-state index is -1.05. The van der Waals surface area contributed by atoms with Crippen molar-refractivity contribution in [3.63, 3.8) is 0 Å². The van der Waals surface area contributed by atoms with Gasteiger partial charge in [-0.05, 0) is 24.6 Å². The van der Waals surface area contributed by atoms with Gasteiger partial charge in [0.1, 0.15) is 6.04 Å². The van der Waals surface area contributed by atoms with Gasteiger partial charge >= 0.3 is 5.97 Å². The number of aliphatic carboxylic acids is 1. The van der Waals surface area contributed by atoms with Crippen molar-refractivity contribution in [3.05, 3.63) is 35.9 Å². The summed E-state index contributed by atoms with van der Waals surface area (Å²) in [5.74, 6) is -1.16. The molecule has 0 aliphatic heterocycles. The highest BCUT2D eigenvalue weighted by atomic mass is 32.2. The monoisotopic (exact) mass is 304 g/mol. The second-order valence-corrected chi connectivity index (χ2v) is 5.71. The Morgan fingerprint density at radius 1 is 1.38 bits per heavy atom. The van der Waals surface area contributed by atoms with Crippen molar-refractivity contribution in [2.75, 3.05) is 5.75 Å². The number of thioether (sulfide) groups is 1. The van der Waals surface area contributed by atoms with Crippen molar-refractivity contribution in [3.8, 4) is 0 Å². The Morgan fingerprint density at radius 2 is 2.10 bits per heavy atom. The fourth-order valence-corrected chi connectivity index (χ4v) is 2.93. The molecule has 0 aliphatic rings. The molecular weight excluding hydrogens is 288 g/mol. The Balaban J connectivity index is 2.17. The molecule has 1 amide bonds. The number of pyridine rings is 1. The van der Waals surface area contributed by atoms with Gasteiger partial charge in [0.25, 0.3) is 0 Å². The van der Waals surface area contributed by atoms with Gasteiger partial charge in [-0.2, -0.15) is 0 Å². The number of carbonyl (C=O) groups excluding carboxylic acids is 1. The predicted molar refractivity (Wildman–Crippen MR) is 82.4 cm³/mol. The molecule has 1 atom stereocenters. The van der Waals surface area contributed by atoms with Gasteiger partial charge in [0, 0.05) is 18.1 Å². The molecule has 2 rings (SSSR count). The minimum Gasteiger partial charge on any atom is -0.480 e. The van der Waals surface area contributed by atoms with E-state index in [0.717, 1.165) is 21.5 Å². The maximum Gasteiger partial charge on any atom is 0.327 e. The van der Waals surface area contributed by atoms with Gasteiger partial charge in [0.2, 0.25) is 5.91 Å². The number of carbonyl (C=O) groups is 2. The number of nitrogens with zero attached hydrogens (tertiary/aromatic N) is 1. The fourth-order valence-electron chi connectivity index (χ4n) is 1.93. The maximum absolute atomic E-state index is 11.1. The van der Waals surface area contributed by atoms with Crippen LogP contribution in [-0.2, 0) is 9.59 Å². The first kappa shape index (κ1) is 15.3. The average molecular weight is 304 g/mol. The van der Waals surface area contributed by atoms with Crippen molar-refractivity contribution in [1.29, 1.82) is 0 Å². The first-order valence-electron chi connectivity index (χ1n) is 6.46. The zero-order valence-electron chi connectivity index (χ0n) is 11.8. The Hall–Kier alpha value is -2.08. The standard InChI is InChI=1S/C15H16N2O3S/c1-9-7-11-5-3-4-6-12(11)17-14(9)21-8-13(15(19)20)16-10(2)18/h3-7,13H,8H2,1-2H3,(H,16,18)(H,19,20). The molecule has 21 heavy (non-hydrogen) atoms. The van der Waals surface area contributed by atoms with Crippen molar-refractivity contribution in [2.45, 2.75) is 24.9 Å². The molecule has 5 nitrogen and oxygen atoms in total. The summed E-state index contributed by atoms with van der Waals surface area (Å²) in [6.45, 7) is 3.25. The van der Waals surface area contributed by atoms with Gasteiger partial charge in [0.15, 0.2) is 0 Å². The molecule has 2 N–H and O–H groups in total. The largest absolute Gasteiger partial charge is 0.480 e. The van der Waals surface area contributed by atoms with Crippen molar-refractivity contribution < 1.29 is 14.7 Å². The molecule has 0 aliphatic carbocycles. The van der Waals surface area contributed by atoms with E-state index in [1.807, 2.05) is 37.3 Å². The van der Waals surface area contributed by atoms with Crippen LogP contribution in [0.25, 0.3) is 10.9 Å². The molecular formula is C15H16N2O3S. The molecule has 6 heteroatoms. The molecule has 110 valence electrons. The SMILES string of the molecule is CC(=O)NC(CSc1nc2ccccc2cc1C)C(=O)O. The molecule has 0 saturated carbocycles. The lowest BCUT2D eigenvalue weighted by atomic mass is 10.2. The molecule has 0 fully saturated rings. The number of hydrogen-bond acceptors (Lipinski definition) is 4. The van der Waals surface area contributed by atoms with Crippen LogP contribution in [0.1, 0.15) is 12.5 Å². The van der Waals surface area contributed by atoms with E-state index < -0.39 is 12.0 Å². The lowest BCUT2D eigenvalue weighted by Crippen LogP contribution is -2.41. The normalized spacial score (nSPS) is 12.1. The molecule has 0 bridgehead atoms. The van der Waals surface area contributed by atoms with E-state index in [-0.39, 0.29) is 11.7 Å². The van der Waals surface area contributed by atoms with Gasteiger partial charge in [-0.15, -0.1) is 11.8 Å². The highest BCUT2D eigenvalue weighted by Gasteiger charge is 2.19. The molecule has 1 aromatic heterocycles. The van der Waals surface area contributed by atoms with Crippen LogP contribution in [0.4, 0.5) is 0 Å². The number of benzene rings is 1. The molecule has 1 aromatic carbocycles. The Morgan fingerprint density at radius 3 is 2.76 bits per heavy atom. The Bertz CT molecular complexity index is 688. The highest BCUT2D eigenvalue weighted by Crippen LogP contribution is 2.24. The molecule has 1 heterocycles. The molecule has 1 unspecified atom stereocenters. The Kier molecular flexibility index (Phi) is 4.80. The summed E-state index contributed by atoms with van der Waals surface area (Å²) in [6, 6.07) is 8.88. The zero-order chi connectivity index (χ0) is 15.4. The van der Waals surface area contributed by atoms with Gasteiger partial charge in [-0.3, -0.25) is 4.79 Å². The lowest BCUT2D eigenvalue weighted by Gasteiger charge is -2.13. The van der Waals surface area contributed by atoms with Gasteiger partial charge in [-0.1, -0.05) is 18.2 Å². The van der Waals surface area contributed by atoms with E-state index in [9.17, 15) is 9.59 Å². The van der Waals surface area contributed by atoms with Gasteiger partial charge in [0.05, 0.1) is 10.5 Å². The predicted octanol–water partition coefficient (Wildman–Crippen LogP) is 2.22. The van der Waals surface area contributed by atoms with E-state index in [0.29, 0.717) is 0 Å². The third-order valence-corrected chi connectivity index (χ3v) is 4.12.